The van der Waals surface area contributed by atoms with Gasteiger partial charge in [-0.1, -0.05) is 67.6 Å². The number of sulfone groups is 1. The van der Waals surface area contributed by atoms with E-state index in [0.717, 1.165) is 17.2 Å². The number of hydrogen-bond donors (Lipinski definition) is 1. The quantitative estimate of drug-likeness (QED) is 0.441. The number of alkyl halides is 3. The molecule has 0 spiro atoms. The van der Waals surface area contributed by atoms with Gasteiger partial charge in [0.1, 0.15) is 11.4 Å². The molecule has 0 radical (unpaired) electrons. The van der Waals surface area contributed by atoms with E-state index < -0.39 is 32.0 Å². The monoisotopic (exact) mass is 516 g/mol. The van der Waals surface area contributed by atoms with Crippen molar-refractivity contribution in [3.8, 4) is 11.4 Å². The summed E-state index contributed by atoms with van der Waals surface area (Å²) in [5.74, 6) is -0.430. The van der Waals surface area contributed by atoms with Gasteiger partial charge >= 0.3 is 6.18 Å². The summed E-state index contributed by atoms with van der Waals surface area (Å²) in [4.78, 5) is 2.63. The van der Waals surface area contributed by atoms with Crippen LogP contribution in [-0.2, 0) is 26.5 Å². The highest BCUT2D eigenvalue weighted by atomic mass is 32.2. The molecule has 0 saturated carbocycles. The van der Waals surface area contributed by atoms with Crippen molar-refractivity contribution in [3.63, 3.8) is 0 Å². The van der Waals surface area contributed by atoms with E-state index in [2.05, 4.69) is 4.98 Å². The van der Waals surface area contributed by atoms with Gasteiger partial charge in [-0.2, -0.15) is 13.2 Å². The number of rotatable bonds is 6. The van der Waals surface area contributed by atoms with E-state index in [1.54, 1.807) is 12.2 Å². The van der Waals surface area contributed by atoms with Gasteiger partial charge in [0.25, 0.3) is 0 Å². The lowest BCUT2D eigenvalue weighted by Crippen LogP contribution is -2.42. The van der Waals surface area contributed by atoms with E-state index >= 15 is 0 Å². The molecule has 36 heavy (non-hydrogen) atoms. The molecule has 1 aliphatic carbocycles. The largest absolute Gasteiger partial charge is 0.417 e. The summed E-state index contributed by atoms with van der Waals surface area (Å²) in [6.45, 7) is 4.40. The molecule has 1 aromatic heterocycles. The molecule has 1 atom stereocenters. The highest BCUT2D eigenvalue weighted by Gasteiger charge is 2.46. The number of aliphatic hydroxyl groups is 1. The second kappa shape index (κ2) is 9.05. The molecule has 5 nitrogen and oxygen atoms in total. The Hall–Kier alpha value is -3.17. The maximum Gasteiger partial charge on any atom is 0.417 e. The standard InChI is InChI=1S/C27H27F3N2O3S/c1-4-36(34,35)26(16-14-20(15-17-26)19-10-6-5-7-11-19)32-18-23(25(2,3)33)31-24(32)21-12-8-9-13-22(21)27(28,29)30/h5-16,18,33H,4,17H2,1-3H3. The lowest BCUT2D eigenvalue weighted by Gasteiger charge is -2.35. The molecule has 1 aliphatic rings. The minimum Gasteiger partial charge on any atom is -0.384 e. The van der Waals surface area contributed by atoms with E-state index in [-0.39, 0.29) is 29.3 Å². The number of halogens is 3. The SMILES string of the molecule is CCS(=O)(=O)C1(n2cc(C(C)(C)O)nc2-c2ccccc2C(F)(F)F)C=CC(c2ccccc2)=CC1. The van der Waals surface area contributed by atoms with Gasteiger partial charge < -0.3 is 9.67 Å². The molecule has 4 rings (SSSR count). The van der Waals surface area contributed by atoms with Gasteiger partial charge in [0, 0.05) is 18.2 Å². The second-order valence-electron chi connectivity index (χ2n) is 9.23. The predicted octanol–water partition coefficient (Wildman–Crippen LogP) is 5.93. The molecule has 3 aromatic rings. The van der Waals surface area contributed by atoms with Crippen molar-refractivity contribution in [1.82, 2.24) is 9.55 Å². The Morgan fingerprint density at radius 3 is 2.25 bits per heavy atom. The fourth-order valence-corrected chi connectivity index (χ4v) is 5.90. The third kappa shape index (κ3) is 4.53. The van der Waals surface area contributed by atoms with Crippen molar-refractivity contribution < 1.29 is 26.7 Å². The van der Waals surface area contributed by atoms with Gasteiger partial charge in [-0.25, -0.2) is 13.4 Å². The van der Waals surface area contributed by atoms with Crippen LogP contribution in [-0.4, -0.2) is 28.8 Å². The minimum absolute atomic E-state index is 0.0211. The lowest BCUT2D eigenvalue weighted by atomic mass is 9.96. The summed E-state index contributed by atoms with van der Waals surface area (Å²) in [6, 6.07) is 14.3. The summed E-state index contributed by atoms with van der Waals surface area (Å²) in [6.07, 6.45) is 1.60. The maximum absolute atomic E-state index is 14.0. The first-order chi connectivity index (χ1) is 16.8. The van der Waals surface area contributed by atoms with Gasteiger partial charge in [0.2, 0.25) is 0 Å². The molecule has 0 fully saturated rings. The van der Waals surface area contributed by atoms with Gasteiger partial charge in [-0.3, -0.25) is 0 Å². The molecule has 0 amide bonds. The molecule has 1 heterocycles. The van der Waals surface area contributed by atoms with Gasteiger partial charge in [0.15, 0.2) is 14.7 Å². The summed E-state index contributed by atoms with van der Waals surface area (Å²) in [5.41, 5.74) is -0.972. The zero-order valence-corrected chi connectivity index (χ0v) is 20.9. The molecule has 0 aliphatic heterocycles. The Morgan fingerprint density at radius 2 is 1.69 bits per heavy atom. The van der Waals surface area contributed by atoms with Crippen LogP contribution in [0.2, 0.25) is 0 Å². The van der Waals surface area contributed by atoms with E-state index in [0.29, 0.717) is 0 Å². The first-order valence-electron chi connectivity index (χ1n) is 11.5. The average Bonchev–Trinajstić information content (AvgIpc) is 3.30. The number of hydrogen-bond acceptors (Lipinski definition) is 4. The van der Waals surface area contributed by atoms with Crippen molar-refractivity contribution in [2.24, 2.45) is 0 Å². The van der Waals surface area contributed by atoms with Crippen LogP contribution >= 0.6 is 0 Å². The Morgan fingerprint density at radius 1 is 1.06 bits per heavy atom. The Kier molecular flexibility index (Phi) is 6.51. The van der Waals surface area contributed by atoms with Crippen LogP contribution in [0.4, 0.5) is 13.2 Å². The molecular weight excluding hydrogens is 489 g/mol. The number of nitrogens with zero attached hydrogens (tertiary/aromatic N) is 2. The molecule has 1 N–H and O–H groups in total. The van der Waals surface area contributed by atoms with Gasteiger partial charge in [-0.05, 0) is 37.1 Å². The van der Waals surface area contributed by atoms with Crippen molar-refractivity contribution in [2.45, 2.75) is 43.8 Å². The zero-order chi connectivity index (χ0) is 26.4. The molecule has 190 valence electrons. The Balaban J connectivity index is 2.00. The summed E-state index contributed by atoms with van der Waals surface area (Å²) in [5, 5.41) is 10.7. The van der Waals surface area contributed by atoms with E-state index in [1.807, 2.05) is 30.3 Å². The van der Waals surface area contributed by atoms with Crippen LogP contribution in [0, 0.1) is 0 Å². The van der Waals surface area contributed by atoms with Gasteiger partial charge in [-0.15, -0.1) is 0 Å². The normalized spacial score (nSPS) is 18.8. The fraction of sp³-hybridized carbons (Fsp3) is 0.296. The molecule has 2 aromatic carbocycles. The summed E-state index contributed by atoms with van der Waals surface area (Å²) < 4.78 is 70.4. The molecular formula is C27H27F3N2O3S. The van der Waals surface area contributed by atoms with Crippen LogP contribution in [0.15, 0.2) is 79.0 Å². The van der Waals surface area contributed by atoms with E-state index in [4.69, 9.17) is 0 Å². The Labute approximate surface area is 208 Å². The summed E-state index contributed by atoms with van der Waals surface area (Å²) in [7, 11) is -3.92. The third-order valence-corrected chi connectivity index (χ3v) is 8.71. The zero-order valence-electron chi connectivity index (χ0n) is 20.1. The van der Waals surface area contributed by atoms with E-state index in [9.17, 15) is 26.7 Å². The maximum atomic E-state index is 14.0. The molecule has 0 bridgehead atoms. The highest BCUT2D eigenvalue weighted by Crippen LogP contribution is 2.43. The molecule has 0 saturated heterocycles. The second-order valence-corrected chi connectivity index (χ2v) is 11.7. The van der Waals surface area contributed by atoms with Crippen molar-refractivity contribution in [2.75, 3.05) is 5.75 Å². The number of aromatic nitrogens is 2. The first-order valence-corrected chi connectivity index (χ1v) is 13.1. The van der Waals surface area contributed by atoms with Crippen molar-refractivity contribution in [1.29, 1.82) is 0 Å². The predicted molar refractivity (Wildman–Crippen MR) is 134 cm³/mol. The van der Waals surface area contributed by atoms with Gasteiger partial charge in [0.05, 0.1) is 17.0 Å². The Bertz CT molecular complexity index is 1430. The number of imidazole rings is 1. The highest BCUT2D eigenvalue weighted by molar-refractivity contribution is 7.92. The van der Waals surface area contributed by atoms with Crippen LogP contribution in [0.1, 0.15) is 44.0 Å². The van der Waals surface area contributed by atoms with Crippen LogP contribution in [0.25, 0.3) is 17.0 Å². The third-order valence-electron chi connectivity index (χ3n) is 6.38. The topological polar surface area (TPSA) is 72.2 Å². The van der Waals surface area contributed by atoms with Crippen LogP contribution < -0.4 is 0 Å². The average molecular weight is 517 g/mol. The summed E-state index contributed by atoms with van der Waals surface area (Å²) >= 11 is 0. The van der Waals surface area contributed by atoms with Crippen molar-refractivity contribution >= 4 is 15.4 Å². The number of benzene rings is 2. The lowest BCUT2D eigenvalue weighted by molar-refractivity contribution is -0.137. The minimum atomic E-state index is -4.69. The van der Waals surface area contributed by atoms with E-state index in [1.165, 1.54) is 55.8 Å². The van der Waals surface area contributed by atoms with Crippen molar-refractivity contribution in [3.05, 3.63) is 95.8 Å². The first kappa shape index (κ1) is 25.9. The number of allylic oxidation sites excluding steroid dienone is 3. The van der Waals surface area contributed by atoms with Crippen LogP contribution in [0.3, 0.4) is 0 Å². The fourth-order valence-electron chi connectivity index (χ4n) is 4.34. The van der Waals surface area contributed by atoms with Crippen LogP contribution in [0.5, 0.6) is 0 Å². The smallest absolute Gasteiger partial charge is 0.384 e. The molecule has 9 heteroatoms. The molecule has 1 unspecified atom stereocenters.